The molecule has 1 heterocycles. The van der Waals surface area contributed by atoms with Gasteiger partial charge in [0.1, 0.15) is 0 Å². The molecule has 1 saturated heterocycles. The van der Waals surface area contributed by atoms with Crippen LogP contribution in [0.2, 0.25) is 0 Å². The van der Waals surface area contributed by atoms with Gasteiger partial charge in [-0.05, 0) is 25.2 Å². The highest BCUT2D eigenvalue weighted by atomic mass is 15.2. The molecule has 2 nitrogen and oxygen atoms in total. The molecule has 2 aliphatic rings. The second kappa shape index (κ2) is 4.89. The fraction of sp³-hybridized carbons (Fsp3) is 1.00. The molecular formula is C15H30N2. The van der Waals surface area contributed by atoms with Crippen LogP contribution in [0.1, 0.15) is 59.8 Å². The van der Waals surface area contributed by atoms with Crippen molar-refractivity contribution in [3.05, 3.63) is 0 Å². The summed E-state index contributed by atoms with van der Waals surface area (Å²) in [6.45, 7) is 13.2. The fourth-order valence-electron chi connectivity index (χ4n) is 3.43. The molecule has 0 amide bonds. The summed E-state index contributed by atoms with van der Waals surface area (Å²) in [5.41, 5.74) is 0.850. The molecule has 1 atom stereocenters. The van der Waals surface area contributed by atoms with E-state index in [0.29, 0.717) is 17.0 Å². The average Bonchev–Trinajstić information content (AvgIpc) is 2.28. The van der Waals surface area contributed by atoms with E-state index in [1.165, 1.54) is 51.7 Å². The molecule has 0 radical (unpaired) electrons. The highest BCUT2D eigenvalue weighted by molar-refractivity contribution is 4.98. The zero-order valence-corrected chi connectivity index (χ0v) is 12.2. The van der Waals surface area contributed by atoms with Crippen LogP contribution in [0.3, 0.4) is 0 Å². The molecule has 1 N–H and O–H groups in total. The third-order valence-electron chi connectivity index (χ3n) is 5.02. The first-order valence-corrected chi connectivity index (χ1v) is 7.42. The second-order valence-corrected chi connectivity index (χ2v) is 7.28. The standard InChI is InChI=1S/C15H30N2/c1-13(14(2,3)4)17-11-10-16-15(12-17)8-6-5-7-9-15/h13,16H,5-12H2,1-4H3. The Kier molecular flexibility index (Phi) is 3.84. The predicted molar refractivity (Wildman–Crippen MR) is 74.3 cm³/mol. The molecule has 1 saturated carbocycles. The van der Waals surface area contributed by atoms with Crippen LogP contribution in [-0.2, 0) is 0 Å². The number of nitrogens with zero attached hydrogens (tertiary/aromatic N) is 1. The molecule has 2 heteroatoms. The fourth-order valence-corrected chi connectivity index (χ4v) is 3.43. The Morgan fingerprint density at radius 3 is 2.35 bits per heavy atom. The zero-order valence-electron chi connectivity index (χ0n) is 12.2. The van der Waals surface area contributed by atoms with Crippen molar-refractivity contribution in [2.75, 3.05) is 19.6 Å². The normalized spacial score (nSPS) is 28.2. The van der Waals surface area contributed by atoms with Gasteiger partial charge in [-0.25, -0.2) is 0 Å². The van der Waals surface area contributed by atoms with E-state index >= 15 is 0 Å². The maximum atomic E-state index is 3.83. The van der Waals surface area contributed by atoms with Crippen molar-refractivity contribution in [1.29, 1.82) is 0 Å². The molecule has 2 fully saturated rings. The predicted octanol–water partition coefficient (Wildman–Crippen LogP) is 3.03. The zero-order chi connectivity index (χ0) is 12.5. The van der Waals surface area contributed by atoms with Gasteiger partial charge in [0.25, 0.3) is 0 Å². The van der Waals surface area contributed by atoms with Gasteiger partial charge in [-0.3, -0.25) is 4.90 Å². The number of piperazine rings is 1. The van der Waals surface area contributed by atoms with E-state index < -0.39 is 0 Å². The third kappa shape index (κ3) is 3.03. The lowest BCUT2D eigenvalue weighted by Gasteiger charge is -2.50. The summed E-state index contributed by atoms with van der Waals surface area (Å²) in [7, 11) is 0. The summed E-state index contributed by atoms with van der Waals surface area (Å²) in [5, 5.41) is 3.83. The van der Waals surface area contributed by atoms with Crippen LogP contribution in [0.15, 0.2) is 0 Å². The van der Waals surface area contributed by atoms with Crippen LogP contribution in [0.4, 0.5) is 0 Å². The summed E-state index contributed by atoms with van der Waals surface area (Å²) < 4.78 is 0. The molecule has 0 aromatic heterocycles. The van der Waals surface area contributed by atoms with Gasteiger partial charge in [0.15, 0.2) is 0 Å². The van der Waals surface area contributed by atoms with Crippen molar-refractivity contribution in [3.63, 3.8) is 0 Å². The van der Waals surface area contributed by atoms with Crippen LogP contribution in [0.5, 0.6) is 0 Å². The molecule has 17 heavy (non-hydrogen) atoms. The van der Waals surface area contributed by atoms with E-state index in [-0.39, 0.29) is 0 Å². The van der Waals surface area contributed by atoms with Gasteiger partial charge in [0.2, 0.25) is 0 Å². The summed E-state index contributed by atoms with van der Waals surface area (Å²) in [4.78, 5) is 2.72. The molecule has 0 bridgehead atoms. The lowest BCUT2D eigenvalue weighted by Crippen LogP contribution is -2.63. The maximum absolute atomic E-state index is 3.83. The van der Waals surface area contributed by atoms with E-state index in [1.807, 2.05) is 0 Å². The Labute approximate surface area is 107 Å². The van der Waals surface area contributed by atoms with Crippen molar-refractivity contribution in [3.8, 4) is 0 Å². The highest BCUT2D eigenvalue weighted by Gasteiger charge is 2.39. The molecule has 1 aliphatic carbocycles. The average molecular weight is 238 g/mol. The Hall–Kier alpha value is -0.0800. The Morgan fingerprint density at radius 1 is 1.12 bits per heavy atom. The Bertz CT molecular complexity index is 243. The largest absolute Gasteiger partial charge is 0.309 e. The second-order valence-electron chi connectivity index (χ2n) is 7.28. The van der Waals surface area contributed by atoms with E-state index in [0.717, 1.165) is 0 Å². The minimum atomic E-state index is 0.396. The number of hydrogen-bond acceptors (Lipinski definition) is 2. The van der Waals surface area contributed by atoms with Crippen molar-refractivity contribution in [1.82, 2.24) is 10.2 Å². The van der Waals surface area contributed by atoms with Gasteiger partial charge in [-0.2, -0.15) is 0 Å². The lowest BCUT2D eigenvalue weighted by molar-refractivity contribution is 0.0339. The van der Waals surface area contributed by atoms with Crippen LogP contribution in [-0.4, -0.2) is 36.1 Å². The van der Waals surface area contributed by atoms with Gasteiger partial charge in [-0.1, -0.05) is 40.0 Å². The number of nitrogens with one attached hydrogen (secondary N) is 1. The van der Waals surface area contributed by atoms with Gasteiger partial charge in [0.05, 0.1) is 0 Å². The number of rotatable bonds is 1. The topological polar surface area (TPSA) is 15.3 Å². The molecule has 0 aromatic carbocycles. The van der Waals surface area contributed by atoms with Crippen molar-refractivity contribution in [2.45, 2.75) is 71.4 Å². The molecule has 1 spiro atoms. The molecule has 2 rings (SSSR count). The monoisotopic (exact) mass is 238 g/mol. The smallest absolute Gasteiger partial charge is 0.0309 e. The van der Waals surface area contributed by atoms with Gasteiger partial charge in [-0.15, -0.1) is 0 Å². The quantitative estimate of drug-likeness (QED) is 0.755. The van der Waals surface area contributed by atoms with Crippen LogP contribution >= 0.6 is 0 Å². The SMILES string of the molecule is CC(N1CCNC2(CCCCC2)C1)C(C)(C)C. The molecular weight excluding hydrogens is 208 g/mol. The van der Waals surface area contributed by atoms with Gasteiger partial charge < -0.3 is 5.32 Å². The van der Waals surface area contributed by atoms with E-state index in [2.05, 4.69) is 37.9 Å². The van der Waals surface area contributed by atoms with Crippen molar-refractivity contribution in [2.24, 2.45) is 5.41 Å². The first kappa shape index (κ1) is 13.4. The molecule has 1 aliphatic heterocycles. The maximum Gasteiger partial charge on any atom is 0.0309 e. The number of hydrogen-bond donors (Lipinski definition) is 1. The minimum Gasteiger partial charge on any atom is -0.309 e. The van der Waals surface area contributed by atoms with E-state index in [1.54, 1.807) is 0 Å². The first-order chi connectivity index (χ1) is 7.93. The summed E-state index contributed by atoms with van der Waals surface area (Å²) in [5.74, 6) is 0. The summed E-state index contributed by atoms with van der Waals surface area (Å²) in [6.07, 6.45) is 7.06. The van der Waals surface area contributed by atoms with Gasteiger partial charge >= 0.3 is 0 Å². The van der Waals surface area contributed by atoms with Crippen molar-refractivity contribution >= 4 is 0 Å². The molecule has 0 aromatic rings. The third-order valence-corrected chi connectivity index (χ3v) is 5.02. The summed E-state index contributed by atoms with van der Waals surface area (Å²) >= 11 is 0. The van der Waals surface area contributed by atoms with Crippen LogP contribution in [0, 0.1) is 5.41 Å². The summed E-state index contributed by atoms with van der Waals surface area (Å²) in [6, 6.07) is 0.684. The Balaban J connectivity index is 2.01. The van der Waals surface area contributed by atoms with Crippen molar-refractivity contribution < 1.29 is 0 Å². The van der Waals surface area contributed by atoms with E-state index in [9.17, 15) is 0 Å². The Morgan fingerprint density at radius 2 is 1.76 bits per heavy atom. The molecule has 1 unspecified atom stereocenters. The van der Waals surface area contributed by atoms with Crippen LogP contribution < -0.4 is 5.32 Å². The molecule has 100 valence electrons. The van der Waals surface area contributed by atoms with Gasteiger partial charge in [0, 0.05) is 31.2 Å². The first-order valence-electron chi connectivity index (χ1n) is 7.42. The minimum absolute atomic E-state index is 0.396. The highest BCUT2D eigenvalue weighted by Crippen LogP contribution is 2.33. The van der Waals surface area contributed by atoms with E-state index in [4.69, 9.17) is 0 Å². The lowest BCUT2D eigenvalue weighted by atomic mass is 9.78. The van der Waals surface area contributed by atoms with Crippen LogP contribution in [0.25, 0.3) is 0 Å².